The molecule has 1 amide bonds. The topological polar surface area (TPSA) is 29.5 Å². The monoisotopic (exact) mass is 351 g/mol. The number of halogens is 3. The van der Waals surface area contributed by atoms with Gasteiger partial charge in [0.05, 0.1) is 12.1 Å². The summed E-state index contributed by atoms with van der Waals surface area (Å²) < 4.78 is 43.4. The number of hydrogen-bond donors (Lipinski definition) is 0. The van der Waals surface area contributed by atoms with Crippen LogP contribution in [-0.4, -0.2) is 11.7 Å². The molecule has 2 aromatic carbocycles. The summed E-state index contributed by atoms with van der Waals surface area (Å²) in [5, 5.41) is 0. The zero-order chi connectivity index (χ0) is 18.7. The number of para-hydroxylation sites is 1. The lowest BCUT2D eigenvalue weighted by molar-refractivity contribution is -0.137. The Morgan fingerprint density at radius 2 is 1.52 bits per heavy atom. The van der Waals surface area contributed by atoms with Gasteiger partial charge in [-0.25, -0.2) is 4.79 Å². The molecule has 0 saturated carbocycles. The Kier molecular flexibility index (Phi) is 5.40. The molecule has 0 aliphatic heterocycles. The lowest BCUT2D eigenvalue weighted by Crippen LogP contribution is -2.36. The number of carbonyl (C=O) groups is 1. The molecule has 25 heavy (non-hydrogen) atoms. The largest absolute Gasteiger partial charge is 0.443 e. The van der Waals surface area contributed by atoms with E-state index in [1.807, 2.05) is 6.07 Å². The lowest BCUT2D eigenvalue weighted by atomic mass is 10.1. The van der Waals surface area contributed by atoms with E-state index in [4.69, 9.17) is 4.74 Å². The molecule has 0 bridgehead atoms. The summed E-state index contributed by atoms with van der Waals surface area (Å²) >= 11 is 0. The van der Waals surface area contributed by atoms with Gasteiger partial charge in [0, 0.05) is 5.69 Å². The molecule has 134 valence electrons. The van der Waals surface area contributed by atoms with Crippen LogP contribution < -0.4 is 4.90 Å². The maximum Gasteiger partial charge on any atom is 0.416 e. The van der Waals surface area contributed by atoms with Gasteiger partial charge < -0.3 is 4.74 Å². The van der Waals surface area contributed by atoms with Crippen LogP contribution >= 0.6 is 0 Å². The molecular formula is C19H20F3NO2. The molecule has 0 saturated heterocycles. The average molecular weight is 351 g/mol. The second-order valence-corrected chi connectivity index (χ2v) is 6.60. The molecule has 6 heteroatoms. The predicted molar refractivity (Wildman–Crippen MR) is 90.3 cm³/mol. The number of benzene rings is 2. The van der Waals surface area contributed by atoms with Crippen molar-refractivity contribution in [1.29, 1.82) is 0 Å². The van der Waals surface area contributed by atoms with Gasteiger partial charge in [0.15, 0.2) is 0 Å². The summed E-state index contributed by atoms with van der Waals surface area (Å²) in [5.41, 5.74) is -0.219. The quantitative estimate of drug-likeness (QED) is 0.715. The summed E-state index contributed by atoms with van der Waals surface area (Å²) in [4.78, 5) is 13.9. The fourth-order valence-corrected chi connectivity index (χ4v) is 2.17. The van der Waals surface area contributed by atoms with E-state index in [1.54, 1.807) is 45.0 Å². The number of amides is 1. The van der Waals surface area contributed by atoms with Crippen molar-refractivity contribution in [3.63, 3.8) is 0 Å². The van der Waals surface area contributed by atoms with Crippen molar-refractivity contribution in [2.45, 2.75) is 39.1 Å². The fraction of sp³-hybridized carbons (Fsp3) is 0.316. The highest BCUT2D eigenvalue weighted by Crippen LogP contribution is 2.29. The molecule has 0 atom stereocenters. The Labute approximate surface area is 145 Å². The highest BCUT2D eigenvalue weighted by atomic mass is 19.4. The van der Waals surface area contributed by atoms with Gasteiger partial charge in [0.25, 0.3) is 0 Å². The minimum absolute atomic E-state index is 0.108. The van der Waals surface area contributed by atoms with Crippen LogP contribution in [0.5, 0.6) is 0 Å². The molecule has 0 spiro atoms. The van der Waals surface area contributed by atoms with Gasteiger partial charge in [0.2, 0.25) is 0 Å². The van der Waals surface area contributed by atoms with Crippen LogP contribution in [0.1, 0.15) is 31.9 Å². The van der Waals surface area contributed by atoms with E-state index in [0.717, 1.165) is 12.1 Å². The van der Waals surface area contributed by atoms with E-state index in [2.05, 4.69) is 0 Å². The van der Waals surface area contributed by atoms with Crippen molar-refractivity contribution >= 4 is 11.8 Å². The number of rotatable bonds is 3. The molecule has 0 aliphatic carbocycles. The van der Waals surface area contributed by atoms with Crippen molar-refractivity contribution in [2.24, 2.45) is 0 Å². The summed E-state index contributed by atoms with van der Waals surface area (Å²) in [6.45, 7) is 5.38. The third-order valence-corrected chi connectivity index (χ3v) is 3.30. The number of ether oxygens (including phenoxy) is 1. The average Bonchev–Trinajstić information content (AvgIpc) is 2.51. The smallest absolute Gasteiger partial charge is 0.416 e. The Bertz CT molecular complexity index is 704. The Balaban J connectivity index is 2.26. The van der Waals surface area contributed by atoms with E-state index in [-0.39, 0.29) is 6.54 Å². The zero-order valence-electron chi connectivity index (χ0n) is 14.3. The minimum Gasteiger partial charge on any atom is -0.443 e. The van der Waals surface area contributed by atoms with Gasteiger partial charge in [-0.1, -0.05) is 30.3 Å². The van der Waals surface area contributed by atoms with E-state index in [1.165, 1.54) is 17.0 Å². The normalized spacial score (nSPS) is 11.9. The third kappa shape index (κ3) is 5.52. The Morgan fingerprint density at radius 1 is 0.960 bits per heavy atom. The third-order valence-electron chi connectivity index (χ3n) is 3.30. The van der Waals surface area contributed by atoms with Crippen LogP contribution in [0.15, 0.2) is 54.6 Å². The minimum atomic E-state index is -4.39. The first-order valence-electron chi connectivity index (χ1n) is 7.78. The van der Waals surface area contributed by atoms with Crippen LogP contribution in [0.4, 0.5) is 23.7 Å². The number of anilines is 1. The number of carbonyl (C=O) groups excluding carboxylic acids is 1. The SMILES string of the molecule is CC(C)(C)OC(=O)N(Cc1ccc(C(F)(F)F)cc1)c1ccccc1. The summed E-state index contributed by atoms with van der Waals surface area (Å²) in [6, 6.07) is 13.6. The van der Waals surface area contributed by atoms with E-state index in [0.29, 0.717) is 11.3 Å². The molecular weight excluding hydrogens is 331 g/mol. The van der Waals surface area contributed by atoms with E-state index >= 15 is 0 Å². The molecule has 0 aliphatic rings. The second-order valence-electron chi connectivity index (χ2n) is 6.60. The summed E-state index contributed by atoms with van der Waals surface area (Å²) in [7, 11) is 0. The maximum atomic E-state index is 12.7. The Hall–Kier alpha value is -2.50. The molecule has 0 N–H and O–H groups in total. The molecule has 3 nitrogen and oxygen atoms in total. The van der Waals surface area contributed by atoms with E-state index < -0.39 is 23.4 Å². The molecule has 2 aromatic rings. The zero-order valence-corrected chi connectivity index (χ0v) is 14.3. The van der Waals surface area contributed by atoms with Gasteiger partial charge in [-0.3, -0.25) is 4.90 Å². The first-order chi connectivity index (χ1) is 11.6. The van der Waals surface area contributed by atoms with Crippen molar-refractivity contribution < 1.29 is 22.7 Å². The maximum absolute atomic E-state index is 12.7. The van der Waals surface area contributed by atoms with Gasteiger partial charge in [-0.2, -0.15) is 13.2 Å². The summed E-state index contributed by atoms with van der Waals surface area (Å²) in [6.07, 6.45) is -4.94. The summed E-state index contributed by atoms with van der Waals surface area (Å²) in [5.74, 6) is 0. The van der Waals surface area contributed by atoms with Crippen LogP contribution in [0, 0.1) is 0 Å². The second kappa shape index (κ2) is 7.17. The van der Waals surface area contributed by atoms with Gasteiger partial charge in [0.1, 0.15) is 5.60 Å². The standard InChI is InChI=1S/C19H20F3NO2/c1-18(2,3)25-17(24)23(16-7-5-4-6-8-16)13-14-9-11-15(12-10-14)19(20,21)22/h4-12H,13H2,1-3H3. The van der Waals surface area contributed by atoms with Gasteiger partial charge in [-0.05, 0) is 50.6 Å². The Morgan fingerprint density at radius 3 is 2.00 bits per heavy atom. The first kappa shape index (κ1) is 18.8. The molecule has 0 fully saturated rings. The molecule has 0 radical (unpaired) electrons. The van der Waals surface area contributed by atoms with Crippen molar-refractivity contribution in [1.82, 2.24) is 0 Å². The highest BCUT2D eigenvalue weighted by Gasteiger charge is 2.30. The molecule has 0 aromatic heterocycles. The van der Waals surface area contributed by atoms with Crippen LogP contribution in [0.3, 0.4) is 0 Å². The lowest BCUT2D eigenvalue weighted by Gasteiger charge is -2.27. The van der Waals surface area contributed by atoms with Crippen molar-refractivity contribution in [3.05, 3.63) is 65.7 Å². The van der Waals surface area contributed by atoms with Gasteiger partial charge >= 0.3 is 12.3 Å². The molecule has 0 heterocycles. The molecule has 2 rings (SSSR count). The number of nitrogens with zero attached hydrogens (tertiary/aromatic N) is 1. The van der Waals surface area contributed by atoms with E-state index in [9.17, 15) is 18.0 Å². The van der Waals surface area contributed by atoms with Gasteiger partial charge in [-0.15, -0.1) is 0 Å². The van der Waals surface area contributed by atoms with Crippen LogP contribution in [-0.2, 0) is 17.5 Å². The predicted octanol–water partition coefficient (Wildman–Crippen LogP) is 5.65. The fourth-order valence-electron chi connectivity index (χ4n) is 2.17. The van der Waals surface area contributed by atoms with Crippen molar-refractivity contribution in [3.8, 4) is 0 Å². The first-order valence-corrected chi connectivity index (χ1v) is 7.78. The highest BCUT2D eigenvalue weighted by molar-refractivity contribution is 5.87. The van der Waals surface area contributed by atoms with Crippen molar-refractivity contribution in [2.75, 3.05) is 4.90 Å². The molecule has 0 unspecified atom stereocenters. The van der Waals surface area contributed by atoms with Crippen LogP contribution in [0.2, 0.25) is 0 Å². The number of alkyl halides is 3. The number of hydrogen-bond acceptors (Lipinski definition) is 2. The van der Waals surface area contributed by atoms with Crippen LogP contribution in [0.25, 0.3) is 0 Å².